The first-order valence-corrected chi connectivity index (χ1v) is 9.52. The molecule has 1 aliphatic heterocycles. The van der Waals surface area contributed by atoms with E-state index in [1.54, 1.807) is 18.5 Å². The zero-order valence-electron chi connectivity index (χ0n) is 14.7. The number of aromatic nitrogens is 1. The largest absolute Gasteiger partial charge is 0.481 e. The molecule has 1 N–H and O–H groups in total. The van der Waals surface area contributed by atoms with Gasteiger partial charge in [-0.2, -0.15) is 5.26 Å². The van der Waals surface area contributed by atoms with E-state index >= 15 is 0 Å². The van der Waals surface area contributed by atoms with Crippen LogP contribution >= 0.6 is 11.3 Å². The molecule has 0 aromatic carbocycles. The van der Waals surface area contributed by atoms with Gasteiger partial charge in [-0.15, -0.1) is 11.3 Å². The smallest absolute Gasteiger partial charge is 0.303 e. The van der Waals surface area contributed by atoms with E-state index in [9.17, 15) is 4.79 Å². The minimum absolute atomic E-state index is 0.0990. The summed E-state index contributed by atoms with van der Waals surface area (Å²) in [6.07, 6.45) is 8.06. The van der Waals surface area contributed by atoms with Crippen molar-refractivity contribution in [1.82, 2.24) is 4.98 Å². The number of ether oxygens (including phenoxy) is 2. The molecular formula is C20H20N2O4S. The second-order valence-electron chi connectivity index (χ2n) is 6.22. The summed E-state index contributed by atoms with van der Waals surface area (Å²) in [5.41, 5.74) is 0.979. The minimum atomic E-state index is -0.798. The quantitative estimate of drug-likeness (QED) is 0.718. The fraction of sp³-hybridized carbons (Fsp3) is 0.350. The number of aliphatic carboxylic acids is 1. The van der Waals surface area contributed by atoms with Crippen LogP contribution in [0.15, 0.2) is 48.8 Å². The summed E-state index contributed by atoms with van der Waals surface area (Å²) in [6, 6.07) is 9.62. The lowest BCUT2D eigenvalue weighted by molar-refractivity contribution is -0.242. The molecular weight excluding hydrogens is 364 g/mol. The topological polar surface area (TPSA) is 92.4 Å². The first-order valence-electron chi connectivity index (χ1n) is 8.71. The molecule has 3 rings (SSSR count). The van der Waals surface area contributed by atoms with Crippen LogP contribution in [-0.4, -0.2) is 22.7 Å². The van der Waals surface area contributed by atoms with Gasteiger partial charge in [-0.25, -0.2) is 0 Å². The Morgan fingerprint density at radius 1 is 1.41 bits per heavy atom. The molecule has 0 radical (unpaired) electrons. The third-order valence-electron chi connectivity index (χ3n) is 4.27. The molecule has 3 atom stereocenters. The monoisotopic (exact) mass is 384 g/mol. The number of nitriles is 1. The van der Waals surface area contributed by atoms with Crippen LogP contribution in [0.2, 0.25) is 0 Å². The fourth-order valence-electron chi connectivity index (χ4n) is 2.95. The van der Waals surface area contributed by atoms with Crippen molar-refractivity contribution in [3.63, 3.8) is 0 Å². The maximum atomic E-state index is 10.6. The first kappa shape index (κ1) is 19.2. The average Bonchev–Trinajstić information content (AvgIpc) is 3.17. The summed E-state index contributed by atoms with van der Waals surface area (Å²) >= 11 is 1.37. The Bertz CT molecular complexity index is 828. The maximum Gasteiger partial charge on any atom is 0.303 e. The van der Waals surface area contributed by atoms with Crippen molar-refractivity contribution in [3.05, 3.63) is 64.1 Å². The zero-order chi connectivity index (χ0) is 19.1. The number of rotatable bonds is 7. The average molecular weight is 384 g/mol. The fourth-order valence-corrected chi connectivity index (χ4v) is 3.74. The molecule has 1 saturated heterocycles. The van der Waals surface area contributed by atoms with Gasteiger partial charge in [0.1, 0.15) is 10.9 Å². The van der Waals surface area contributed by atoms with Crippen molar-refractivity contribution in [3.8, 4) is 6.07 Å². The predicted molar refractivity (Wildman–Crippen MR) is 99.9 cm³/mol. The summed E-state index contributed by atoms with van der Waals surface area (Å²) in [6.45, 7) is 0.507. The number of pyridine rings is 1. The van der Waals surface area contributed by atoms with Gasteiger partial charge >= 0.3 is 5.97 Å². The normalized spacial score (nSPS) is 22.6. The highest BCUT2D eigenvalue weighted by Crippen LogP contribution is 2.41. The van der Waals surface area contributed by atoms with Crippen LogP contribution in [0, 0.1) is 17.2 Å². The van der Waals surface area contributed by atoms with Gasteiger partial charge in [-0.1, -0.05) is 18.2 Å². The first-order chi connectivity index (χ1) is 13.2. The van der Waals surface area contributed by atoms with E-state index < -0.39 is 12.3 Å². The number of carboxylic acid groups (broad SMARTS) is 1. The van der Waals surface area contributed by atoms with E-state index in [1.807, 2.05) is 30.4 Å². The van der Waals surface area contributed by atoms with Crippen molar-refractivity contribution < 1.29 is 19.4 Å². The lowest BCUT2D eigenvalue weighted by Gasteiger charge is -2.36. The predicted octanol–water partition coefficient (Wildman–Crippen LogP) is 4.23. The van der Waals surface area contributed by atoms with Gasteiger partial charge in [0.25, 0.3) is 0 Å². The van der Waals surface area contributed by atoms with E-state index in [2.05, 4.69) is 11.1 Å². The Morgan fingerprint density at radius 3 is 3.00 bits per heavy atom. The number of hydrogen-bond donors (Lipinski definition) is 1. The van der Waals surface area contributed by atoms with Gasteiger partial charge in [0.05, 0.1) is 17.6 Å². The van der Waals surface area contributed by atoms with Gasteiger partial charge in [0, 0.05) is 24.7 Å². The Morgan fingerprint density at radius 2 is 2.30 bits per heavy atom. The van der Waals surface area contributed by atoms with E-state index in [-0.39, 0.29) is 18.4 Å². The Hall–Kier alpha value is -2.53. The van der Waals surface area contributed by atoms with Gasteiger partial charge in [-0.3, -0.25) is 9.78 Å². The third kappa shape index (κ3) is 5.23. The second kappa shape index (κ2) is 9.42. The van der Waals surface area contributed by atoms with Gasteiger partial charge in [-0.05, 0) is 36.6 Å². The number of nitrogens with zero attached hydrogens (tertiary/aromatic N) is 2. The Kier molecular flexibility index (Phi) is 6.71. The van der Waals surface area contributed by atoms with E-state index in [1.165, 1.54) is 11.3 Å². The highest BCUT2D eigenvalue weighted by molar-refractivity contribution is 7.12. The van der Waals surface area contributed by atoms with Crippen molar-refractivity contribution in [2.75, 3.05) is 6.61 Å². The summed E-state index contributed by atoms with van der Waals surface area (Å²) < 4.78 is 12.1. The SMILES string of the molecule is N#Cc1ccc(C2OCC(C/C=C\CCC(=O)O)C(c3cccnc3)O2)s1. The van der Waals surface area contributed by atoms with Crippen molar-refractivity contribution in [2.24, 2.45) is 5.92 Å². The number of hydrogen-bond acceptors (Lipinski definition) is 6. The molecule has 2 aromatic rings. The summed E-state index contributed by atoms with van der Waals surface area (Å²) in [4.78, 5) is 16.3. The van der Waals surface area contributed by atoms with Gasteiger partial charge in [0.2, 0.25) is 0 Å². The van der Waals surface area contributed by atoms with Crippen LogP contribution in [0.3, 0.4) is 0 Å². The van der Waals surface area contributed by atoms with Crippen LogP contribution in [0.4, 0.5) is 0 Å². The van der Waals surface area contributed by atoms with E-state index in [0.29, 0.717) is 17.9 Å². The van der Waals surface area contributed by atoms with Crippen LogP contribution in [-0.2, 0) is 14.3 Å². The molecule has 7 heteroatoms. The Balaban J connectivity index is 1.70. The zero-order valence-corrected chi connectivity index (χ0v) is 15.5. The molecule has 140 valence electrons. The molecule has 1 fully saturated rings. The molecule has 0 saturated carbocycles. The lowest BCUT2D eigenvalue weighted by Crippen LogP contribution is -2.30. The second-order valence-corrected chi connectivity index (χ2v) is 7.34. The van der Waals surface area contributed by atoms with Gasteiger partial charge < -0.3 is 14.6 Å². The third-order valence-corrected chi connectivity index (χ3v) is 5.28. The minimum Gasteiger partial charge on any atom is -0.481 e. The summed E-state index contributed by atoms with van der Waals surface area (Å²) in [5.74, 6) is -0.699. The maximum absolute atomic E-state index is 10.6. The van der Waals surface area contributed by atoms with E-state index in [4.69, 9.17) is 19.8 Å². The van der Waals surface area contributed by atoms with Crippen LogP contribution in [0.25, 0.3) is 0 Å². The standard InChI is InChI=1S/C20H20N2O4S/c21-11-16-8-9-17(27-16)20-25-13-15(5-2-1-3-7-18(23)24)19(26-20)14-6-4-10-22-12-14/h1-2,4,6,8-10,12,15,19-20H,3,5,7,13H2,(H,23,24)/b2-1-. The molecule has 0 amide bonds. The molecule has 3 heterocycles. The van der Waals surface area contributed by atoms with E-state index in [0.717, 1.165) is 16.9 Å². The highest BCUT2D eigenvalue weighted by atomic mass is 32.1. The molecule has 2 aromatic heterocycles. The molecule has 3 unspecified atom stereocenters. The molecule has 0 aliphatic carbocycles. The van der Waals surface area contributed by atoms with Crippen molar-refractivity contribution >= 4 is 17.3 Å². The van der Waals surface area contributed by atoms with Crippen molar-refractivity contribution in [2.45, 2.75) is 31.7 Å². The molecule has 0 spiro atoms. The van der Waals surface area contributed by atoms with Crippen LogP contribution < -0.4 is 0 Å². The molecule has 0 bridgehead atoms. The molecule has 27 heavy (non-hydrogen) atoms. The number of carbonyl (C=O) groups is 1. The molecule has 1 aliphatic rings. The summed E-state index contributed by atoms with van der Waals surface area (Å²) in [5, 5.41) is 17.7. The molecule has 6 nitrogen and oxygen atoms in total. The highest BCUT2D eigenvalue weighted by Gasteiger charge is 2.34. The van der Waals surface area contributed by atoms with Crippen molar-refractivity contribution in [1.29, 1.82) is 5.26 Å². The lowest BCUT2D eigenvalue weighted by atomic mass is 9.93. The number of allylic oxidation sites excluding steroid dienone is 2. The number of thiophene rings is 1. The van der Waals surface area contributed by atoms with Crippen LogP contribution in [0.5, 0.6) is 0 Å². The number of carboxylic acids is 1. The Labute approximate surface area is 161 Å². The van der Waals surface area contributed by atoms with Gasteiger partial charge in [0.15, 0.2) is 6.29 Å². The van der Waals surface area contributed by atoms with Crippen LogP contribution in [0.1, 0.15) is 47.0 Å². The summed E-state index contributed by atoms with van der Waals surface area (Å²) in [7, 11) is 0.